The maximum atomic E-state index is 2.54. The molecule has 0 heterocycles. The third-order valence-corrected chi connectivity index (χ3v) is 4.32. The molecule has 0 radical (unpaired) electrons. The molecule has 13 heavy (non-hydrogen) atoms. The molecular weight excluding hydrogens is 156 g/mol. The lowest BCUT2D eigenvalue weighted by Gasteiger charge is -2.31. The molecule has 0 heteroatoms. The lowest BCUT2D eigenvalue weighted by atomic mass is 9.75. The van der Waals surface area contributed by atoms with E-state index in [4.69, 9.17) is 0 Å². The van der Waals surface area contributed by atoms with Crippen LogP contribution in [0.4, 0.5) is 0 Å². The van der Waals surface area contributed by atoms with Gasteiger partial charge in [-0.3, -0.25) is 0 Å². The Labute approximate surface area is 83.1 Å². The van der Waals surface area contributed by atoms with Gasteiger partial charge in [0.15, 0.2) is 0 Å². The third kappa shape index (κ3) is 2.48. The van der Waals surface area contributed by atoms with E-state index < -0.39 is 0 Å². The highest BCUT2D eigenvalue weighted by Gasteiger charge is 2.31. The van der Waals surface area contributed by atoms with E-state index in [0.29, 0.717) is 0 Å². The van der Waals surface area contributed by atoms with Crippen LogP contribution >= 0.6 is 0 Å². The van der Waals surface area contributed by atoms with Gasteiger partial charge in [0, 0.05) is 0 Å². The standard InChI is InChI=1S/C13H24/c1-13(9-5-6-10-13)11-12-7-3-2-4-8-12/h12H,2-11H2,1H3. The van der Waals surface area contributed by atoms with Crippen molar-refractivity contribution in [3.8, 4) is 0 Å². The Bertz CT molecular complexity index is 147. The van der Waals surface area contributed by atoms with E-state index in [1.165, 1.54) is 57.8 Å². The molecule has 0 aromatic rings. The van der Waals surface area contributed by atoms with Gasteiger partial charge in [0.05, 0.1) is 0 Å². The summed E-state index contributed by atoms with van der Waals surface area (Å²) in [6, 6.07) is 0. The Hall–Kier alpha value is 0. The normalized spacial score (nSPS) is 29.3. The van der Waals surface area contributed by atoms with Crippen LogP contribution in [-0.2, 0) is 0 Å². The molecule has 2 aliphatic carbocycles. The summed E-state index contributed by atoms with van der Waals surface area (Å²) in [6.45, 7) is 2.54. The van der Waals surface area contributed by atoms with Crippen LogP contribution in [0.25, 0.3) is 0 Å². The summed E-state index contributed by atoms with van der Waals surface area (Å²) in [6.07, 6.45) is 15.2. The van der Waals surface area contributed by atoms with Crippen molar-refractivity contribution >= 4 is 0 Å². The molecule has 2 fully saturated rings. The van der Waals surface area contributed by atoms with Gasteiger partial charge in [-0.05, 0) is 30.6 Å². The van der Waals surface area contributed by atoms with E-state index in [2.05, 4.69) is 6.92 Å². The first kappa shape index (κ1) is 9.55. The minimum absolute atomic E-state index is 0.752. The summed E-state index contributed by atoms with van der Waals surface area (Å²) < 4.78 is 0. The SMILES string of the molecule is CC1(CC2CCCCC2)CCCC1. The van der Waals surface area contributed by atoms with Crippen LogP contribution in [0.2, 0.25) is 0 Å². The van der Waals surface area contributed by atoms with E-state index in [0.717, 1.165) is 11.3 Å². The molecule has 2 rings (SSSR count). The minimum atomic E-state index is 0.752. The molecule has 0 N–H and O–H groups in total. The molecular formula is C13H24. The van der Waals surface area contributed by atoms with Crippen molar-refractivity contribution < 1.29 is 0 Å². The van der Waals surface area contributed by atoms with Gasteiger partial charge in [-0.25, -0.2) is 0 Å². The maximum Gasteiger partial charge on any atom is -0.0323 e. The van der Waals surface area contributed by atoms with Gasteiger partial charge in [0.2, 0.25) is 0 Å². The van der Waals surface area contributed by atoms with E-state index in [-0.39, 0.29) is 0 Å². The van der Waals surface area contributed by atoms with Gasteiger partial charge in [-0.15, -0.1) is 0 Å². The second-order valence-corrected chi connectivity index (χ2v) is 5.73. The molecule has 76 valence electrons. The number of hydrogen-bond donors (Lipinski definition) is 0. The largest absolute Gasteiger partial charge is 0.0596 e. The minimum Gasteiger partial charge on any atom is -0.0596 e. The zero-order valence-corrected chi connectivity index (χ0v) is 9.15. The Balaban J connectivity index is 1.81. The fraction of sp³-hybridized carbons (Fsp3) is 1.00. The van der Waals surface area contributed by atoms with Gasteiger partial charge < -0.3 is 0 Å². The number of rotatable bonds is 2. The molecule has 2 saturated carbocycles. The zero-order chi connectivity index (χ0) is 9.15. The van der Waals surface area contributed by atoms with Gasteiger partial charge in [0.1, 0.15) is 0 Å². The summed E-state index contributed by atoms with van der Waals surface area (Å²) in [5.74, 6) is 1.09. The molecule has 0 atom stereocenters. The molecule has 0 spiro atoms. The molecule has 0 aromatic carbocycles. The molecule has 0 bridgehead atoms. The topological polar surface area (TPSA) is 0 Å². The number of hydrogen-bond acceptors (Lipinski definition) is 0. The lowest BCUT2D eigenvalue weighted by Crippen LogP contribution is -2.18. The smallest absolute Gasteiger partial charge is 0.0323 e. The van der Waals surface area contributed by atoms with Gasteiger partial charge in [-0.2, -0.15) is 0 Å². The predicted molar refractivity (Wildman–Crippen MR) is 57.8 cm³/mol. The van der Waals surface area contributed by atoms with Crippen LogP contribution in [-0.4, -0.2) is 0 Å². The molecule has 2 aliphatic rings. The highest BCUT2D eigenvalue weighted by Crippen LogP contribution is 2.45. The Morgan fingerprint density at radius 1 is 0.923 bits per heavy atom. The van der Waals surface area contributed by atoms with Crippen molar-refractivity contribution in [1.82, 2.24) is 0 Å². The molecule has 0 aliphatic heterocycles. The first-order chi connectivity index (χ1) is 6.29. The Kier molecular flexibility index (Phi) is 2.96. The second-order valence-electron chi connectivity index (χ2n) is 5.73. The lowest BCUT2D eigenvalue weighted by molar-refractivity contribution is 0.208. The van der Waals surface area contributed by atoms with Crippen LogP contribution in [0.15, 0.2) is 0 Å². The Morgan fingerprint density at radius 2 is 1.54 bits per heavy atom. The zero-order valence-electron chi connectivity index (χ0n) is 9.15. The fourth-order valence-electron chi connectivity index (χ4n) is 3.52. The molecule has 0 nitrogen and oxygen atoms in total. The average molecular weight is 180 g/mol. The second kappa shape index (κ2) is 4.02. The molecule has 0 unspecified atom stereocenters. The predicted octanol–water partition coefficient (Wildman–Crippen LogP) is 4.54. The monoisotopic (exact) mass is 180 g/mol. The van der Waals surface area contributed by atoms with E-state index in [1.54, 1.807) is 6.42 Å². The highest BCUT2D eigenvalue weighted by atomic mass is 14.4. The van der Waals surface area contributed by atoms with E-state index >= 15 is 0 Å². The van der Waals surface area contributed by atoms with Crippen molar-refractivity contribution in [2.24, 2.45) is 11.3 Å². The highest BCUT2D eigenvalue weighted by molar-refractivity contribution is 4.83. The van der Waals surface area contributed by atoms with Crippen LogP contribution in [0.3, 0.4) is 0 Å². The average Bonchev–Trinajstić information content (AvgIpc) is 2.54. The summed E-state index contributed by atoms with van der Waals surface area (Å²) in [5, 5.41) is 0. The van der Waals surface area contributed by atoms with E-state index in [1.807, 2.05) is 0 Å². The van der Waals surface area contributed by atoms with Gasteiger partial charge in [-0.1, -0.05) is 51.9 Å². The van der Waals surface area contributed by atoms with Crippen LogP contribution in [0.5, 0.6) is 0 Å². The van der Waals surface area contributed by atoms with Gasteiger partial charge >= 0.3 is 0 Å². The quantitative estimate of drug-likeness (QED) is 0.585. The summed E-state index contributed by atoms with van der Waals surface area (Å²) in [5.41, 5.74) is 0.752. The third-order valence-electron chi connectivity index (χ3n) is 4.32. The first-order valence-electron chi connectivity index (χ1n) is 6.29. The molecule has 0 amide bonds. The van der Waals surface area contributed by atoms with Crippen LogP contribution < -0.4 is 0 Å². The summed E-state index contributed by atoms with van der Waals surface area (Å²) >= 11 is 0. The van der Waals surface area contributed by atoms with E-state index in [9.17, 15) is 0 Å². The fourth-order valence-corrected chi connectivity index (χ4v) is 3.52. The van der Waals surface area contributed by atoms with Crippen LogP contribution in [0, 0.1) is 11.3 Å². The first-order valence-corrected chi connectivity index (χ1v) is 6.29. The van der Waals surface area contributed by atoms with Gasteiger partial charge in [0.25, 0.3) is 0 Å². The van der Waals surface area contributed by atoms with Crippen molar-refractivity contribution in [2.75, 3.05) is 0 Å². The van der Waals surface area contributed by atoms with Crippen molar-refractivity contribution in [1.29, 1.82) is 0 Å². The molecule has 0 aromatic heterocycles. The van der Waals surface area contributed by atoms with Crippen molar-refractivity contribution in [2.45, 2.75) is 71.1 Å². The van der Waals surface area contributed by atoms with Crippen molar-refractivity contribution in [3.63, 3.8) is 0 Å². The Morgan fingerprint density at radius 3 is 2.15 bits per heavy atom. The maximum absolute atomic E-state index is 2.54. The molecule has 0 saturated heterocycles. The van der Waals surface area contributed by atoms with Crippen molar-refractivity contribution in [3.05, 3.63) is 0 Å². The van der Waals surface area contributed by atoms with Crippen LogP contribution in [0.1, 0.15) is 71.1 Å². The summed E-state index contributed by atoms with van der Waals surface area (Å²) in [4.78, 5) is 0. The summed E-state index contributed by atoms with van der Waals surface area (Å²) in [7, 11) is 0.